The fraction of sp³-hybridized carbons (Fsp3) is 0. The van der Waals surface area contributed by atoms with E-state index in [9.17, 15) is 0 Å². The van der Waals surface area contributed by atoms with Crippen LogP contribution in [0.2, 0.25) is 0 Å². The van der Waals surface area contributed by atoms with Gasteiger partial charge in [-0.1, -0.05) is 164 Å². The van der Waals surface area contributed by atoms with Crippen molar-refractivity contribution >= 4 is 54.4 Å². The maximum Gasteiger partial charge on any atom is 0.161 e. The van der Waals surface area contributed by atoms with Crippen LogP contribution in [0.25, 0.3) is 111 Å². The summed E-state index contributed by atoms with van der Waals surface area (Å²) < 4.78 is 4.82. The first-order valence-electron chi connectivity index (χ1n) is 20.4. The fourth-order valence-electron chi connectivity index (χ4n) is 9.10. The molecule has 0 saturated carbocycles. The molecule has 12 rings (SSSR count). The summed E-state index contributed by atoms with van der Waals surface area (Å²) >= 11 is 0. The molecule has 0 aliphatic carbocycles. The predicted octanol–water partition coefficient (Wildman–Crippen LogP) is 14.5. The minimum atomic E-state index is 0.692. The Hall–Kier alpha value is -8.08. The third-order valence-corrected chi connectivity index (χ3v) is 11.9. The zero-order valence-electron chi connectivity index (χ0n) is 32.6. The van der Waals surface area contributed by atoms with Crippen LogP contribution in [0.15, 0.2) is 218 Å². The van der Waals surface area contributed by atoms with Crippen LogP contribution in [0, 0.1) is 0 Å². The molecule has 0 N–H and O–H groups in total. The molecule has 0 aliphatic rings. The predicted molar refractivity (Wildman–Crippen MR) is 250 cm³/mol. The van der Waals surface area contributed by atoms with Gasteiger partial charge < -0.3 is 9.13 Å². The maximum absolute atomic E-state index is 5.32. The molecule has 0 fully saturated rings. The van der Waals surface area contributed by atoms with Crippen molar-refractivity contribution in [2.45, 2.75) is 0 Å². The topological polar surface area (TPSA) is 35.6 Å². The SMILES string of the molecule is c1ccc(-c2ccc(-c3cc(-c4ccccc4)nc(-c4cccc5ccc(-n6c7ccccc7c7cc8c9ccccc9n(-c9ccccc9)c8cc76)cc45)n3)cc2)cc1. The van der Waals surface area contributed by atoms with E-state index in [4.69, 9.17) is 9.97 Å². The first-order valence-corrected chi connectivity index (χ1v) is 20.4. The maximum atomic E-state index is 5.32. The molecule has 0 radical (unpaired) electrons. The fourth-order valence-corrected chi connectivity index (χ4v) is 9.10. The van der Waals surface area contributed by atoms with Gasteiger partial charge in [0.15, 0.2) is 5.82 Å². The molecule has 12 aromatic rings. The number of aromatic nitrogens is 4. The van der Waals surface area contributed by atoms with Gasteiger partial charge in [-0.2, -0.15) is 0 Å². The first kappa shape index (κ1) is 34.0. The Morgan fingerprint density at radius 1 is 0.283 bits per heavy atom. The van der Waals surface area contributed by atoms with Crippen LogP contribution in [0.3, 0.4) is 0 Å². The van der Waals surface area contributed by atoms with Crippen molar-refractivity contribution in [3.63, 3.8) is 0 Å². The lowest BCUT2D eigenvalue weighted by atomic mass is 10.0. The highest BCUT2D eigenvalue weighted by molar-refractivity contribution is 6.19. The van der Waals surface area contributed by atoms with Crippen LogP contribution >= 0.6 is 0 Å². The molecule has 0 saturated heterocycles. The van der Waals surface area contributed by atoms with Gasteiger partial charge in [-0.25, -0.2) is 9.97 Å². The summed E-state index contributed by atoms with van der Waals surface area (Å²) in [6, 6.07) is 77.9. The van der Waals surface area contributed by atoms with Gasteiger partial charge in [0, 0.05) is 49.6 Å². The monoisotopic (exact) mass is 764 g/mol. The molecule has 4 nitrogen and oxygen atoms in total. The van der Waals surface area contributed by atoms with Crippen molar-refractivity contribution in [1.29, 1.82) is 0 Å². The largest absolute Gasteiger partial charge is 0.309 e. The van der Waals surface area contributed by atoms with Crippen LogP contribution in [-0.2, 0) is 0 Å². The number of hydrogen-bond acceptors (Lipinski definition) is 2. The van der Waals surface area contributed by atoms with Crippen molar-refractivity contribution in [3.05, 3.63) is 218 Å². The van der Waals surface area contributed by atoms with Crippen LogP contribution in [0.5, 0.6) is 0 Å². The van der Waals surface area contributed by atoms with E-state index in [1.165, 1.54) is 43.7 Å². The van der Waals surface area contributed by atoms with E-state index in [0.29, 0.717) is 5.82 Å². The second kappa shape index (κ2) is 13.8. The van der Waals surface area contributed by atoms with Gasteiger partial charge >= 0.3 is 0 Å². The Kier molecular flexibility index (Phi) is 7.82. The summed E-state index contributed by atoms with van der Waals surface area (Å²) in [5.74, 6) is 0.692. The zero-order chi connectivity index (χ0) is 39.6. The number of nitrogens with zero attached hydrogens (tertiary/aromatic N) is 4. The third-order valence-electron chi connectivity index (χ3n) is 11.9. The van der Waals surface area contributed by atoms with E-state index in [1.807, 2.05) is 6.07 Å². The van der Waals surface area contributed by atoms with E-state index in [1.54, 1.807) is 0 Å². The van der Waals surface area contributed by atoms with Gasteiger partial charge in [-0.05, 0) is 76.5 Å². The molecular formula is C56H36N4. The minimum absolute atomic E-state index is 0.692. The molecule has 9 aromatic carbocycles. The number of benzene rings is 9. The summed E-state index contributed by atoms with van der Waals surface area (Å²) in [7, 11) is 0. The van der Waals surface area contributed by atoms with Gasteiger partial charge in [-0.3, -0.25) is 0 Å². The van der Waals surface area contributed by atoms with Crippen molar-refractivity contribution in [1.82, 2.24) is 19.1 Å². The number of para-hydroxylation sites is 3. The Labute approximate surface area is 346 Å². The summed E-state index contributed by atoms with van der Waals surface area (Å²) in [4.78, 5) is 10.6. The van der Waals surface area contributed by atoms with Crippen LogP contribution in [0.4, 0.5) is 0 Å². The first-order chi connectivity index (χ1) is 29.7. The molecule has 0 bridgehead atoms. The molecule has 60 heavy (non-hydrogen) atoms. The molecule has 0 aliphatic heterocycles. The van der Waals surface area contributed by atoms with E-state index in [2.05, 4.69) is 221 Å². The Balaban J connectivity index is 1.07. The van der Waals surface area contributed by atoms with E-state index in [-0.39, 0.29) is 0 Å². The second-order valence-corrected chi connectivity index (χ2v) is 15.4. The molecular weight excluding hydrogens is 729 g/mol. The van der Waals surface area contributed by atoms with Crippen molar-refractivity contribution < 1.29 is 0 Å². The molecule has 0 atom stereocenters. The smallest absolute Gasteiger partial charge is 0.161 e. The molecule has 0 spiro atoms. The highest BCUT2D eigenvalue weighted by atomic mass is 15.0. The standard InChI is InChI=1S/C56H36N4/c1-4-15-37(16-5-1)38-27-29-41(30-28-38)51-35-50(40-17-6-2-7-18-40)57-56(58-51)46-24-14-19-39-31-32-43(33-47(39)46)60-53-26-13-11-23-45(53)49-34-48-44-22-10-12-25-52(44)59(54(48)36-55(49)60)42-20-8-3-9-21-42/h1-36H. The highest BCUT2D eigenvalue weighted by Crippen LogP contribution is 2.41. The lowest BCUT2D eigenvalue weighted by Crippen LogP contribution is -1.98. The quantitative estimate of drug-likeness (QED) is 0.169. The van der Waals surface area contributed by atoms with Crippen LogP contribution < -0.4 is 0 Å². The average molecular weight is 765 g/mol. The molecule has 3 aromatic heterocycles. The Bertz CT molecular complexity index is 3570. The van der Waals surface area contributed by atoms with Crippen LogP contribution in [-0.4, -0.2) is 19.1 Å². The van der Waals surface area contributed by atoms with E-state index >= 15 is 0 Å². The van der Waals surface area contributed by atoms with Gasteiger partial charge in [0.1, 0.15) is 0 Å². The third kappa shape index (κ3) is 5.53. The molecule has 280 valence electrons. The van der Waals surface area contributed by atoms with Gasteiger partial charge in [0.25, 0.3) is 0 Å². The second-order valence-electron chi connectivity index (χ2n) is 15.4. The zero-order valence-corrected chi connectivity index (χ0v) is 32.6. The highest BCUT2D eigenvalue weighted by Gasteiger charge is 2.20. The lowest BCUT2D eigenvalue weighted by Gasteiger charge is -2.14. The van der Waals surface area contributed by atoms with E-state index in [0.717, 1.165) is 61.3 Å². The summed E-state index contributed by atoms with van der Waals surface area (Å²) in [5, 5.41) is 7.16. The van der Waals surface area contributed by atoms with Crippen molar-refractivity contribution in [3.8, 4) is 56.4 Å². The van der Waals surface area contributed by atoms with Gasteiger partial charge in [0.05, 0.1) is 33.5 Å². The summed E-state index contributed by atoms with van der Waals surface area (Å²) in [5.41, 5.74) is 14.1. The molecule has 0 unspecified atom stereocenters. The lowest BCUT2D eigenvalue weighted by molar-refractivity contribution is 1.17. The Morgan fingerprint density at radius 3 is 1.45 bits per heavy atom. The van der Waals surface area contributed by atoms with Gasteiger partial charge in [0.2, 0.25) is 0 Å². The number of fused-ring (bicyclic) bond motifs is 7. The molecule has 0 amide bonds. The number of rotatable bonds is 6. The summed E-state index contributed by atoms with van der Waals surface area (Å²) in [6.07, 6.45) is 0. The minimum Gasteiger partial charge on any atom is -0.309 e. The molecule has 4 heteroatoms. The van der Waals surface area contributed by atoms with Crippen LogP contribution in [0.1, 0.15) is 0 Å². The Morgan fingerprint density at radius 2 is 0.800 bits per heavy atom. The van der Waals surface area contributed by atoms with Gasteiger partial charge in [-0.15, -0.1) is 0 Å². The van der Waals surface area contributed by atoms with Crippen molar-refractivity contribution in [2.24, 2.45) is 0 Å². The molecule has 3 heterocycles. The van der Waals surface area contributed by atoms with E-state index < -0.39 is 0 Å². The van der Waals surface area contributed by atoms with Crippen molar-refractivity contribution in [2.75, 3.05) is 0 Å². The normalized spacial score (nSPS) is 11.7. The number of hydrogen-bond donors (Lipinski definition) is 0. The average Bonchev–Trinajstić information content (AvgIpc) is 3.83. The summed E-state index contributed by atoms with van der Waals surface area (Å²) in [6.45, 7) is 0.